The zero-order chi connectivity index (χ0) is 10.9. The topological polar surface area (TPSA) is 83.8 Å². The van der Waals surface area contributed by atoms with Crippen LogP contribution in [0.15, 0.2) is 6.20 Å². The summed E-state index contributed by atoms with van der Waals surface area (Å²) in [4.78, 5) is 18.5. The molecule has 1 aromatic rings. The fourth-order valence-electron chi connectivity index (χ4n) is 1.70. The molecule has 1 amide bonds. The first kappa shape index (κ1) is 10.2. The van der Waals surface area contributed by atoms with Gasteiger partial charge in [0.15, 0.2) is 0 Å². The molecule has 1 aliphatic carbocycles. The van der Waals surface area contributed by atoms with Gasteiger partial charge in [0.25, 0.3) is 5.91 Å². The van der Waals surface area contributed by atoms with Gasteiger partial charge in [-0.15, -0.1) is 0 Å². The number of nitrogens with two attached hydrogens (primary N) is 1. The SMILES string of the molecule is Cc1ncc(C(=O)NCC2(N)CCC2)[nH]1. The number of nitrogens with one attached hydrogen (secondary N) is 2. The van der Waals surface area contributed by atoms with E-state index in [1.165, 1.54) is 6.20 Å². The third-order valence-corrected chi connectivity index (χ3v) is 2.90. The lowest BCUT2D eigenvalue weighted by Gasteiger charge is -2.38. The summed E-state index contributed by atoms with van der Waals surface area (Å²) in [5.74, 6) is 0.610. The van der Waals surface area contributed by atoms with E-state index in [0.717, 1.165) is 25.1 Å². The van der Waals surface area contributed by atoms with E-state index in [1.807, 2.05) is 6.92 Å². The molecule has 82 valence electrons. The number of nitrogens with zero attached hydrogens (tertiary/aromatic N) is 1. The van der Waals surface area contributed by atoms with Gasteiger partial charge in [0.1, 0.15) is 11.5 Å². The molecule has 1 heterocycles. The molecular formula is C10H16N4O. The smallest absolute Gasteiger partial charge is 0.269 e. The molecule has 5 heteroatoms. The van der Waals surface area contributed by atoms with E-state index < -0.39 is 0 Å². The second-order valence-electron chi connectivity index (χ2n) is 4.28. The number of carbonyl (C=O) groups is 1. The Kier molecular flexibility index (Phi) is 2.48. The maximum Gasteiger partial charge on any atom is 0.269 e. The number of H-pyrrole nitrogens is 1. The molecule has 0 unspecified atom stereocenters. The summed E-state index contributed by atoms with van der Waals surface area (Å²) < 4.78 is 0. The Labute approximate surface area is 88.5 Å². The molecule has 0 atom stereocenters. The summed E-state index contributed by atoms with van der Waals surface area (Å²) in [6.07, 6.45) is 4.69. The molecule has 0 radical (unpaired) electrons. The molecule has 0 aromatic carbocycles. The predicted octanol–water partition coefficient (Wildman–Crippen LogP) is 0.329. The fraction of sp³-hybridized carbons (Fsp3) is 0.600. The van der Waals surface area contributed by atoms with Gasteiger partial charge in [-0.3, -0.25) is 4.79 Å². The molecule has 1 aliphatic rings. The van der Waals surface area contributed by atoms with Crippen molar-refractivity contribution in [3.8, 4) is 0 Å². The second-order valence-corrected chi connectivity index (χ2v) is 4.28. The van der Waals surface area contributed by atoms with Gasteiger partial charge >= 0.3 is 0 Å². The number of aryl methyl sites for hydroxylation is 1. The van der Waals surface area contributed by atoms with Gasteiger partial charge in [-0.2, -0.15) is 0 Å². The van der Waals surface area contributed by atoms with Gasteiger partial charge in [0.2, 0.25) is 0 Å². The highest BCUT2D eigenvalue weighted by Crippen LogP contribution is 2.28. The van der Waals surface area contributed by atoms with Crippen molar-refractivity contribution in [1.82, 2.24) is 15.3 Å². The molecule has 1 saturated carbocycles. The number of hydrogen-bond acceptors (Lipinski definition) is 3. The van der Waals surface area contributed by atoms with Crippen LogP contribution in [0.5, 0.6) is 0 Å². The van der Waals surface area contributed by atoms with E-state index in [4.69, 9.17) is 5.73 Å². The normalized spacial score (nSPS) is 18.3. The van der Waals surface area contributed by atoms with E-state index >= 15 is 0 Å². The van der Waals surface area contributed by atoms with Gasteiger partial charge in [-0.1, -0.05) is 0 Å². The molecule has 0 spiro atoms. The number of rotatable bonds is 3. The standard InChI is InChI=1S/C10H16N4O/c1-7-12-5-8(14-7)9(15)13-6-10(11)3-2-4-10/h5H,2-4,6,11H2,1H3,(H,12,14)(H,13,15). The van der Waals surface area contributed by atoms with E-state index in [0.29, 0.717) is 12.2 Å². The molecule has 0 bridgehead atoms. The lowest BCUT2D eigenvalue weighted by atomic mass is 9.78. The lowest BCUT2D eigenvalue weighted by Crippen LogP contribution is -2.54. The first-order valence-electron chi connectivity index (χ1n) is 5.18. The third-order valence-electron chi connectivity index (χ3n) is 2.90. The quantitative estimate of drug-likeness (QED) is 0.669. The number of imidazole rings is 1. The van der Waals surface area contributed by atoms with Crippen LogP contribution in [-0.2, 0) is 0 Å². The van der Waals surface area contributed by atoms with Crippen LogP contribution in [-0.4, -0.2) is 28.0 Å². The van der Waals surface area contributed by atoms with Crippen LogP contribution < -0.4 is 11.1 Å². The zero-order valence-corrected chi connectivity index (χ0v) is 8.84. The van der Waals surface area contributed by atoms with Crippen molar-refractivity contribution >= 4 is 5.91 Å². The van der Waals surface area contributed by atoms with Crippen LogP contribution in [0.25, 0.3) is 0 Å². The van der Waals surface area contributed by atoms with Gasteiger partial charge < -0.3 is 16.0 Å². The zero-order valence-electron chi connectivity index (χ0n) is 8.84. The number of aromatic nitrogens is 2. The van der Waals surface area contributed by atoms with Gasteiger partial charge in [-0.25, -0.2) is 4.98 Å². The number of amides is 1. The van der Waals surface area contributed by atoms with Crippen LogP contribution in [0.1, 0.15) is 35.6 Å². The molecule has 1 aromatic heterocycles. The maximum atomic E-state index is 11.6. The Hall–Kier alpha value is -1.36. The fourth-order valence-corrected chi connectivity index (χ4v) is 1.70. The van der Waals surface area contributed by atoms with Gasteiger partial charge in [0.05, 0.1) is 6.20 Å². The summed E-state index contributed by atoms with van der Waals surface area (Å²) in [6.45, 7) is 2.36. The highest BCUT2D eigenvalue weighted by Gasteiger charge is 2.32. The lowest BCUT2D eigenvalue weighted by molar-refractivity contribution is 0.0925. The monoisotopic (exact) mass is 208 g/mol. The minimum atomic E-state index is -0.176. The molecule has 2 rings (SSSR count). The summed E-state index contributed by atoms with van der Waals surface area (Å²) in [5, 5.41) is 2.82. The molecule has 4 N–H and O–H groups in total. The average Bonchev–Trinajstić information content (AvgIpc) is 2.58. The Morgan fingerprint density at radius 1 is 1.73 bits per heavy atom. The number of carbonyl (C=O) groups excluding carboxylic acids is 1. The summed E-state index contributed by atoms with van der Waals surface area (Å²) in [6, 6.07) is 0. The van der Waals surface area contributed by atoms with E-state index in [9.17, 15) is 4.79 Å². The van der Waals surface area contributed by atoms with E-state index in [-0.39, 0.29) is 11.4 Å². The molecule has 0 aliphatic heterocycles. The maximum absolute atomic E-state index is 11.6. The first-order valence-corrected chi connectivity index (χ1v) is 5.18. The average molecular weight is 208 g/mol. The van der Waals surface area contributed by atoms with Crippen molar-refractivity contribution in [2.75, 3.05) is 6.54 Å². The van der Waals surface area contributed by atoms with Gasteiger partial charge in [-0.05, 0) is 26.2 Å². The van der Waals surface area contributed by atoms with Crippen molar-refractivity contribution in [1.29, 1.82) is 0 Å². The second kappa shape index (κ2) is 3.66. The summed E-state index contributed by atoms with van der Waals surface area (Å²) in [7, 11) is 0. The summed E-state index contributed by atoms with van der Waals surface area (Å²) >= 11 is 0. The number of hydrogen-bond donors (Lipinski definition) is 3. The predicted molar refractivity (Wildman–Crippen MR) is 56.4 cm³/mol. The van der Waals surface area contributed by atoms with Crippen LogP contribution in [0.4, 0.5) is 0 Å². The minimum Gasteiger partial charge on any atom is -0.349 e. The van der Waals surface area contributed by atoms with Crippen molar-refractivity contribution in [2.45, 2.75) is 31.7 Å². The molecular weight excluding hydrogens is 192 g/mol. The largest absolute Gasteiger partial charge is 0.349 e. The van der Waals surface area contributed by atoms with Crippen LogP contribution in [0, 0.1) is 6.92 Å². The van der Waals surface area contributed by atoms with Crippen molar-refractivity contribution in [3.05, 3.63) is 17.7 Å². The van der Waals surface area contributed by atoms with Crippen molar-refractivity contribution in [2.24, 2.45) is 5.73 Å². The van der Waals surface area contributed by atoms with Crippen LogP contribution in [0.3, 0.4) is 0 Å². The Morgan fingerprint density at radius 2 is 2.47 bits per heavy atom. The first-order chi connectivity index (χ1) is 7.09. The van der Waals surface area contributed by atoms with Crippen LogP contribution >= 0.6 is 0 Å². The highest BCUT2D eigenvalue weighted by molar-refractivity contribution is 5.92. The Morgan fingerprint density at radius 3 is 2.93 bits per heavy atom. The molecule has 15 heavy (non-hydrogen) atoms. The Bertz CT molecular complexity index is 367. The number of aromatic amines is 1. The van der Waals surface area contributed by atoms with Crippen molar-refractivity contribution in [3.63, 3.8) is 0 Å². The third kappa shape index (κ3) is 2.18. The minimum absolute atomic E-state index is 0.132. The van der Waals surface area contributed by atoms with Crippen LogP contribution in [0.2, 0.25) is 0 Å². The van der Waals surface area contributed by atoms with E-state index in [1.54, 1.807) is 0 Å². The van der Waals surface area contributed by atoms with Gasteiger partial charge in [0, 0.05) is 12.1 Å². The van der Waals surface area contributed by atoms with Crippen molar-refractivity contribution < 1.29 is 4.79 Å². The van der Waals surface area contributed by atoms with E-state index in [2.05, 4.69) is 15.3 Å². The molecule has 0 saturated heterocycles. The molecule has 1 fully saturated rings. The molecule has 5 nitrogen and oxygen atoms in total. The highest BCUT2D eigenvalue weighted by atomic mass is 16.1. The summed E-state index contributed by atoms with van der Waals surface area (Å²) in [5.41, 5.74) is 6.31. The Balaban J connectivity index is 1.87.